The molecule has 1 aliphatic heterocycles. The van der Waals surface area contributed by atoms with Crippen LogP contribution in [0, 0.1) is 0 Å². The Morgan fingerprint density at radius 1 is 0.944 bits per heavy atom. The molecule has 36 heavy (non-hydrogen) atoms. The first kappa shape index (κ1) is 24.8. The van der Waals surface area contributed by atoms with Crippen molar-refractivity contribution in [2.75, 3.05) is 31.8 Å². The van der Waals surface area contributed by atoms with Gasteiger partial charge in [-0.1, -0.05) is 18.2 Å². The van der Waals surface area contributed by atoms with Crippen molar-refractivity contribution in [1.82, 2.24) is 0 Å². The fourth-order valence-electron chi connectivity index (χ4n) is 3.92. The summed E-state index contributed by atoms with van der Waals surface area (Å²) in [6.45, 7) is 2.76. The highest BCUT2D eigenvalue weighted by Crippen LogP contribution is 2.34. The van der Waals surface area contributed by atoms with Crippen LogP contribution in [0.1, 0.15) is 38.8 Å². The number of amides is 1. The molecule has 0 aliphatic carbocycles. The SMILES string of the molecule is CCOC(=O)COc1ccc(CCOc2cccc3c2CN(c2ccc(C(=O)OC)cc2)C3=O)cc1. The van der Waals surface area contributed by atoms with E-state index in [-0.39, 0.29) is 12.5 Å². The van der Waals surface area contributed by atoms with Crippen LogP contribution in [-0.2, 0) is 27.2 Å². The molecule has 0 atom stereocenters. The minimum atomic E-state index is -0.424. The molecule has 0 saturated heterocycles. The largest absolute Gasteiger partial charge is 0.493 e. The van der Waals surface area contributed by atoms with Crippen LogP contribution >= 0.6 is 0 Å². The van der Waals surface area contributed by atoms with Gasteiger partial charge in [-0.2, -0.15) is 0 Å². The normalized spacial score (nSPS) is 12.2. The van der Waals surface area contributed by atoms with Gasteiger partial charge in [-0.3, -0.25) is 4.79 Å². The minimum absolute atomic E-state index is 0.111. The summed E-state index contributed by atoms with van der Waals surface area (Å²) in [6.07, 6.45) is 0.661. The van der Waals surface area contributed by atoms with E-state index in [2.05, 4.69) is 0 Å². The lowest BCUT2D eigenvalue weighted by Gasteiger charge is -2.16. The Labute approximate surface area is 209 Å². The molecule has 3 aromatic rings. The van der Waals surface area contributed by atoms with E-state index in [0.29, 0.717) is 54.5 Å². The predicted octanol–water partition coefficient (Wildman–Crippen LogP) is 4.20. The van der Waals surface area contributed by atoms with Crippen molar-refractivity contribution in [2.45, 2.75) is 19.9 Å². The molecule has 0 N–H and O–H groups in total. The number of hydrogen-bond acceptors (Lipinski definition) is 7. The van der Waals surface area contributed by atoms with E-state index in [0.717, 1.165) is 11.1 Å². The van der Waals surface area contributed by atoms with Crippen LogP contribution in [0.4, 0.5) is 5.69 Å². The third-order valence-electron chi connectivity index (χ3n) is 5.76. The third kappa shape index (κ3) is 5.66. The first-order valence-electron chi connectivity index (χ1n) is 11.6. The second-order valence-corrected chi connectivity index (χ2v) is 8.05. The van der Waals surface area contributed by atoms with Crippen LogP contribution < -0.4 is 14.4 Å². The van der Waals surface area contributed by atoms with Crippen molar-refractivity contribution in [3.05, 3.63) is 89.0 Å². The van der Waals surface area contributed by atoms with Crippen molar-refractivity contribution < 1.29 is 33.3 Å². The number of anilines is 1. The van der Waals surface area contributed by atoms with Gasteiger partial charge in [-0.25, -0.2) is 9.59 Å². The summed E-state index contributed by atoms with van der Waals surface area (Å²) in [6, 6.07) is 19.7. The maximum absolute atomic E-state index is 13.0. The summed E-state index contributed by atoms with van der Waals surface area (Å²) in [7, 11) is 1.33. The molecule has 4 rings (SSSR count). The van der Waals surface area contributed by atoms with Crippen molar-refractivity contribution in [3.63, 3.8) is 0 Å². The van der Waals surface area contributed by atoms with E-state index >= 15 is 0 Å². The molecule has 1 amide bonds. The lowest BCUT2D eigenvalue weighted by molar-refractivity contribution is -0.145. The van der Waals surface area contributed by atoms with Gasteiger partial charge in [0.05, 0.1) is 32.4 Å². The van der Waals surface area contributed by atoms with Crippen molar-refractivity contribution in [3.8, 4) is 11.5 Å². The third-order valence-corrected chi connectivity index (χ3v) is 5.76. The Hall–Kier alpha value is -4.33. The second kappa shape index (κ2) is 11.4. The number of hydrogen-bond donors (Lipinski definition) is 0. The van der Waals surface area contributed by atoms with Gasteiger partial charge in [0.15, 0.2) is 6.61 Å². The maximum Gasteiger partial charge on any atom is 0.344 e. The summed E-state index contributed by atoms with van der Waals surface area (Å²) < 4.78 is 21.1. The van der Waals surface area contributed by atoms with Gasteiger partial charge in [-0.05, 0) is 61.0 Å². The first-order chi connectivity index (χ1) is 17.5. The highest BCUT2D eigenvalue weighted by molar-refractivity contribution is 6.10. The molecule has 8 heteroatoms. The molecule has 1 heterocycles. The molecule has 0 radical (unpaired) electrons. The average molecular weight is 490 g/mol. The van der Waals surface area contributed by atoms with Crippen molar-refractivity contribution >= 4 is 23.5 Å². The Bertz CT molecular complexity index is 1240. The van der Waals surface area contributed by atoms with Gasteiger partial charge in [0, 0.05) is 23.2 Å². The van der Waals surface area contributed by atoms with Gasteiger partial charge in [-0.15, -0.1) is 0 Å². The maximum atomic E-state index is 13.0. The minimum Gasteiger partial charge on any atom is -0.493 e. The van der Waals surface area contributed by atoms with Crippen LogP contribution in [-0.4, -0.2) is 44.8 Å². The van der Waals surface area contributed by atoms with E-state index in [4.69, 9.17) is 18.9 Å². The summed E-state index contributed by atoms with van der Waals surface area (Å²) in [4.78, 5) is 37.8. The fourth-order valence-corrected chi connectivity index (χ4v) is 3.92. The molecule has 3 aromatic carbocycles. The topological polar surface area (TPSA) is 91.4 Å². The number of carbonyl (C=O) groups is 3. The molecule has 0 bridgehead atoms. The van der Waals surface area contributed by atoms with Gasteiger partial charge < -0.3 is 23.8 Å². The van der Waals surface area contributed by atoms with E-state index in [1.807, 2.05) is 24.3 Å². The van der Waals surface area contributed by atoms with Crippen LogP contribution in [0.5, 0.6) is 11.5 Å². The Morgan fingerprint density at radius 2 is 1.69 bits per heavy atom. The number of rotatable bonds is 10. The Morgan fingerprint density at radius 3 is 2.39 bits per heavy atom. The van der Waals surface area contributed by atoms with Gasteiger partial charge >= 0.3 is 11.9 Å². The standard InChI is InChI=1S/C28H27NO7/c1-3-34-26(30)18-36-22-13-7-19(8-14-22)15-16-35-25-6-4-5-23-24(25)17-29(27(23)31)21-11-9-20(10-12-21)28(32)33-2/h4-14H,3,15-18H2,1-2H3. The van der Waals surface area contributed by atoms with Gasteiger partial charge in [0.25, 0.3) is 5.91 Å². The average Bonchev–Trinajstić information content (AvgIpc) is 3.25. The lowest BCUT2D eigenvalue weighted by Crippen LogP contribution is -2.23. The highest BCUT2D eigenvalue weighted by Gasteiger charge is 2.31. The van der Waals surface area contributed by atoms with Crippen LogP contribution in [0.15, 0.2) is 66.7 Å². The molecule has 0 aromatic heterocycles. The number of esters is 2. The van der Waals surface area contributed by atoms with E-state index in [9.17, 15) is 14.4 Å². The Kier molecular flexibility index (Phi) is 7.85. The molecule has 0 saturated carbocycles. The summed E-state index contributed by atoms with van der Waals surface area (Å²) in [5.74, 6) is 0.322. The predicted molar refractivity (Wildman–Crippen MR) is 133 cm³/mol. The zero-order valence-electron chi connectivity index (χ0n) is 20.2. The zero-order valence-corrected chi connectivity index (χ0v) is 20.2. The van der Waals surface area contributed by atoms with Crippen LogP contribution in [0.25, 0.3) is 0 Å². The monoisotopic (exact) mass is 489 g/mol. The molecule has 186 valence electrons. The first-order valence-corrected chi connectivity index (χ1v) is 11.6. The number of nitrogens with zero attached hydrogens (tertiary/aromatic N) is 1. The molecule has 1 aliphatic rings. The van der Waals surface area contributed by atoms with Crippen molar-refractivity contribution in [1.29, 1.82) is 0 Å². The quantitative estimate of drug-likeness (QED) is 0.394. The number of benzene rings is 3. The van der Waals surface area contributed by atoms with Gasteiger partial charge in [0.1, 0.15) is 11.5 Å². The van der Waals surface area contributed by atoms with E-state index < -0.39 is 11.9 Å². The molecule has 0 fully saturated rings. The lowest BCUT2D eigenvalue weighted by atomic mass is 10.1. The number of methoxy groups -OCH3 is 1. The highest BCUT2D eigenvalue weighted by atomic mass is 16.6. The molecule has 0 spiro atoms. The summed E-state index contributed by atoms with van der Waals surface area (Å²) >= 11 is 0. The second-order valence-electron chi connectivity index (χ2n) is 8.05. The van der Waals surface area contributed by atoms with E-state index in [1.54, 1.807) is 54.3 Å². The molecule has 0 unspecified atom stereocenters. The number of ether oxygens (including phenoxy) is 4. The summed E-state index contributed by atoms with van der Waals surface area (Å²) in [5.41, 5.74) is 3.61. The van der Waals surface area contributed by atoms with Crippen molar-refractivity contribution in [2.24, 2.45) is 0 Å². The molecular formula is C28H27NO7. The fraction of sp³-hybridized carbons (Fsp3) is 0.250. The zero-order chi connectivity index (χ0) is 25.5. The van der Waals surface area contributed by atoms with Gasteiger partial charge in [0.2, 0.25) is 0 Å². The van der Waals surface area contributed by atoms with Crippen LogP contribution in [0.3, 0.4) is 0 Å². The molecule has 8 nitrogen and oxygen atoms in total. The van der Waals surface area contributed by atoms with E-state index in [1.165, 1.54) is 7.11 Å². The summed E-state index contributed by atoms with van der Waals surface area (Å²) in [5, 5.41) is 0. The molecular weight excluding hydrogens is 462 g/mol. The Balaban J connectivity index is 1.35. The number of carbonyl (C=O) groups excluding carboxylic acids is 3. The van der Waals surface area contributed by atoms with Crippen LogP contribution in [0.2, 0.25) is 0 Å². The number of fused-ring (bicyclic) bond motifs is 1. The smallest absolute Gasteiger partial charge is 0.344 e.